The van der Waals surface area contributed by atoms with E-state index in [1.54, 1.807) is 16.4 Å². The molecule has 4 rings (SSSR count). The number of piperidine rings is 1. The summed E-state index contributed by atoms with van der Waals surface area (Å²) < 4.78 is 46.2. The van der Waals surface area contributed by atoms with Crippen molar-refractivity contribution in [2.24, 2.45) is 0 Å². The molecule has 1 aliphatic heterocycles. The molecule has 0 bridgehead atoms. The van der Waals surface area contributed by atoms with Crippen molar-refractivity contribution in [3.05, 3.63) is 36.0 Å². The van der Waals surface area contributed by atoms with Crippen LogP contribution < -0.4 is 0 Å². The first-order valence-corrected chi connectivity index (χ1v) is 11.1. The van der Waals surface area contributed by atoms with Crippen molar-refractivity contribution in [1.29, 1.82) is 0 Å². The summed E-state index contributed by atoms with van der Waals surface area (Å²) in [6.45, 7) is 0.996. The predicted molar refractivity (Wildman–Crippen MR) is 99.0 cm³/mol. The fraction of sp³-hybridized carbons (Fsp3) is 0.579. The summed E-state index contributed by atoms with van der Waals surface area (Å²) in [5, 5.41) is 7.99. The van der Waals surface area contributed by atoms with Gasteiger partial charge in [-0.15, -0.1) is 10.2 Å². The number of hydrogen-bond donors (Lipinski definition) is 0. The van der Waals surface area contributed by atoms with E-state index in [2.05, 4.69) is 10.2 Å². The van der Waals surface area contributed by atoms with Gasteiger partial charge in [-0.1, -0.05) is 19.3 Å². The summed E-state index contributed by atoms with van der Waals surface area (Å²) in [5.74, 6) is 0.640. The van der Waals surface area contributed by atoms with Crippen molar-refractivity contribution >= 4 is 10.0 Å². The smallest absolute Gasteiger partial charge is 0.247 e. The van der Waals surface area contributed by atoms with Gasteiger partial charge in [-0.25, -0.2) is 17.1 Å². The molecule has 0 atom stereocenters. The lowest BCUT2D eigenvalue weighted by molar-refractivity contribution is 0.286. The second-order valence-electron chi connectivity index (χ2n) is 7.43. The molecule has 1 aromatic heterocycles. The largest absolute Gasteiger partial charge is 0.420 e. The van der Waals surface area contributed by atoms with Gasteiger partial charge in [0, 0.05) is 24.6 Å². The van der Waals surface area contributed by atoms with Crippen LogP contribution in [0.25, 0.3) is 11.5 Å². The third-order valence-electron chi connectivity index (χ3n) is 5.67. The highest BCUT2D eigenvalue weighted by Crippen LogP contribution is 2.33. The lowest BCUT2D eigenvalue weighted by Gasteiger charge is -2.33. The molecule has 1 saturated heterocycles. The standard InChI is InChI=1S/C19H24FN3O3S/c20-16-8-6-14(7-9-16)18-21-22-19(26-18)15-10-12-23(13-11-15)27(24,25)17-4-2-1-3-5-17/h6-9,15,17H,1-5,10-13H2. The van der Waals surface area contributed by atoms with E-state index in [-0.39, 0.29) is 17.0 Å². The Hall–Kier alpha value is -1.80. The number of rotatable bonds is 4. The zero-order valence-corrected chi connectivity index (χ0v) is 16.0. The predicted octanol–water partition coefficient (Wildman–Crippen LogP) is 3.72. The van der Waals surface area contributed by atoms with Crippen LogP contribution in [0, 0.1) is 5.82 Å². The Morgan fingerprint density at radius 3 is 2.30 bits per heavy atom. The summed E-state index contributed by atoms with van der Waals surface area (Å²) in [6, 6.07) is 5.92. The molecule has 1 saturated carbocycles. The van der Waals surface area contributed by atoms with Crippen LogP contribution in [0.15, 0.2) is 28.7 Å². The van der Waals surface area contributed by atoms with Crippen LogP contribution in [-0.2, 0) is 10.0 Å². The van der Waals surface area contributed by atoms with Gasteiger partial charge in [0.15, 0.2) is 0 Å². The average molecular weight is 393 g/mol. The highest BCUT2D eigenvalue weighted by atomic mass is 32.2. The molecule has 0 amide bonds. The molecular weight excluding hydrogens is 369 g/mol. The molecule has 146 valence electrons. The number of benzene rings is 1. The van der Waals surface area contributed by atoms with Gasteiger partial charge in [-0.05, 0) is 49.9 Å². The van der Waals surface area contributed by atoms with Crippen molar-refractivity contribution < 1.29 is 17.2 Å². The molecule has 6 nitrogen and oxygen atoms in total. The Morgan fingerprint density at radius 2 is 1.63 bits per heavy atom. The molecule has 1 aliphatic carbocycles. The molecule has 0 unspecified atom stereocenters. The number of nitrogens with zero attached hydrogens (tertiary/aromatic N) is 3. The monoisotopic (exact) mass is 393 g/mol. The Labute approximate surface area is 158 Å². The first-order chi connectivity index (χ1) is 13.0. The van der Waals surface area contributed by atoms with Gasteiger partial charge in [0.05, 0.1) is 5.25 Å². The fourth-order valence-corrected chi connectivity index (χ4v) is 6.11. The summed E-state index contributed by atoms with van der Waals surface area (Å²) in [6.07, 6.45) is 6.08. The maximum Gasteiger partial charge on any atom is 0.247 e. The number of aromatic nitrogens is 2. The molecule has 8 heteroatoms. The summed E-state index contributed by atoms with van der Waals surface area (Å²) in [5.41, 5.74) is 0.674. The number of hydrogen-bond acceptors (Lipinski definition) is 5. The maximum absolute atomic E-state index is 13.0. The van der Waals surface area contributed by atoms with Gasteiger partial charge >= 0.3 is 0 Å². The minimum absolute atomic E-state index is 0.0597. The molecule has 2 heterocycles. The van der Waals surface area contributed by atoms with E-state index < -0.39 is 10.0 Å². The van der Waals surface area contributed by atoms with Gasteiger partial charge < -0.3 is 4.42 Å². The lowest BCUT2D eigenvalue weighted by atomic mass is 9.98. The molecule has 0 N–H and O–H groups in total. The zero-order chi connectivity index (χ0) is 18.9. The number of sulfonamides is 1. The SMILES string of the molecule is O=S(=O)(C1CCCCC1)N1CCC(c2nnc(-c3ccc(F)cc3)o2)CC1. The van der Waals surface area contributed by atoms with Gasteiger partial charge in [-0.2, -0.15) is 0 Å². The van der Waals surface area contributed by atoms with Crippen LogP contribution in [0.3, 0.4) is 0 Å². The Morgan fingerprint density at radius 1 is 0.963 bits per heavy atom. The van der Waals surface area contributed by atoms with Crippen molar-refractivity contribution in [3.8, 4) is 11.5 Å². The van der Waals surface area contributed by atoms with E-state index in [1.165, 1.54) is 12.1 Å². The molecule has 1 aromatic carbocycles. The molecule has 0 spiro atoms. The lowest BCUT2D eigenvalue weighted by Crippen LogP contribution is -2.43. The zero-order valence-electron chi connectivity index (χ0n) is 15.2. The van der Waals surface area contributed by atoms with Gasteiger partial charge in [0.1, 0.15) is 5.82 Å². The first-order valence-electron chi connectivity index (χ1n) is 9.62. The third kappa shape index (κ3) is 3.91. The van der Waals surface area contributed by atoms with E-state index in [1.807, 2.05) is 0 Å². The second-order valence-corrected chi connectivity index (χ2v) is 9.64. The molecule has 2 aliphatic rings. The normalized spacial score (nSPS) is 20.8. The second kappa shape index (κ2) is 7.67. The van der Waals surface area contributed by atoms with E-state index >= 15 is 0 Å². The quantitative estimate of drug-likeness (QED) is 0.791. The molecule has 0 radical (unpaired) electrons. The minimum atomic E-state index is -3.20. The van der Waals surface area contributed by atoms with Crippen LogP contribution in [-0.4, -0.2) is 41.3 Å². The number of halogens is 1. The van der Waals surface area contributed by atoms with Crippen molar-refractivity contribution in [3.63, 3.8) is 0 Å². The van der Waals surface area contributed by atoms with Crippen molar-refractivity contribution in [2.45, 2.75) is 56.1 Å². The average Bonchev–Trinajstić information content (AvgIpc) is 3.19. The maximum atomic E-state index is 13.0. The highest BCUT2D eigenvalue weighted by Gasteiger charge is 2.36. The van der Waals surface area contributed by atoms with Gasteiger partial charge in [0.25, 0.3) is 0 Å². The molecular formula is C19H24FN3O3S. The van der Waals surface area contributed by atoms with Gasteiger partial charge in [0.2, 0.25) is 21.8 Å². The van der Waals surface area contributed by atoms with Crippen LogP contribution in [0.1, 0.15) is 56.8 Å². The van der Waals surface area contributed by atoms with Crippen molar-refractivity contribution in [2.75, 3.05) is 13.1 Å². The fourth-order valence-electron chi connectivity index (χ4n) is 4.04. The summed E-state index contributed by atoms with van der Waals surface area (Å²) in [7, 11) is -3.20. The summed E-state index contributed by atoms with van der Waals surface area (Å²) in [4.78, 5) is 0. The van der Waals surface area contributed by atoms with Gasteiger partial charge in [-0.3, -0.25) is 0 Å². The van der Waals surface area contributed by atoms with E-state index in [0.29, 0.717) is 43.3 Å². The topological polar surface area (TPSA) is 76.3 Å². The van der Waals surface area contributed by atoms with E-state index in [9.17, 15) is 12.8 Å². The van der Waals surface area contributed by atoms with Crippen LogP contribution in [0.4, 0.5) is 4.39 Å². The Balaban J connectivity index is 1.40. The highest BCUT2D eigenvalue weighted by molar-refractivity contribution is 7.89. The van der Waals surface area contributed by atoms with E-state index in [4.69, 9.17) is 4.42 Å². The third-order valence-corrected chi connectivity index (χ3v) is 8.07. The van der Waals surface area contributed by atoms with Crippen LogP contribution in [0.5, 0.6) is 0 Å². The van der Waals surface area contributed by atoms with Crippen LogP contribution >= 0.6 is 0 Å². The molecule has 2 aromatic rings. The molecule has 27 heavy (non-hydrogen) atoms. The Bertz CT molecular complexity index is 868. The minimum Gasteiger partial charge on any atom is -0.420 e. The first kappa shape index (κ1) is 18.6. The Kier molecular flexibility index (Phi) is 5.27. The van der Waals surface area contributed by atoms with Crippen LogP contribution in [0.2, 0.25) is 0 Å². The summed E-state index contributed by atoms with van der Waals surface area (Å²) >= 11 is 0. The molecule has 2 fully saturated rings. The van der Waals surface area contributed by atoms with Crippen molar-refractivity contribution in [1.82, 2.24) is 14.5 Å². The van der Waals surface area contributed by atoms with E-state index in [0.717, 1.165) is 32.1 Å².